The Kier molecular flexibility index (Phi) is 6.02. The highest BCUT2D eigenvalue weighted by atomic mass is 16.3. The average Bonchev–Trinajstić information content (AvgIpc) is 2.63. The van der Waals surface area contributed by atoms with E-state index in [2.05, 4.69) is 17.2 Å². The van der Waals surface area contributed by atoms with E-state index >= 15 is 0 Å². The van der Waals surface area contributed by atoms with Crippen LogP contribution in [0, 0.1) is 0 Å². The molecule has 0 saturated heterocycles. The molecule has 1 aliphatic carbocycles. The zero-order chi connectivity index (χ0) is 19.3. The van der Waals surface area contributed by atoms with E-state index in [1.165, 1.54) is 23.1 Å². The predicted octanol–water partition coefficient (Wildman–Crippen LogP) is 2.04. The number of nitrogens with one attached hydrogen (secondary N) is 2. The summed E-state index contributed by atoms with van der Waals surface area (Å²) in [4.78, 5) is 38.4. The summed E-state index contributed by atoms with van der Waals surface area (Å²) in [6.45, 7) is 3.37. The standard InChI is InChI=1S/C19H25N3O4/c1-4-16(24)20-13-8-9-15(23)14(12-13)17(25)21-19(18(26)22(2)3)10-6-5-7-11-19/h4,8-9,12,23H,1,5-7,10-11H2,2-3H3,(H,20,24)(H,21,25). The van der Waals surface area contributed by atoms with Gasteiger partial charge in [0.25, 0.3) is 5.91 Å². The van der Waals surface area contributed by atoms with Crippen molar-refractivity contribution in [3.8, 4) is 5.75 Å². The Morgan fingerprint density at radius 2 is 1.85 bits per heavy atom. The molecule has 0 radical (unpaired) electrons. The van der Waals surface area contributed by atoms with Crippen molar-refractivity contribution in [1.82, 2.24) is 10.2 Å². The van der Waals surface area contributed by atoms with Gasteiger partial charge in [-0.15, -0.1) is 0 Å². The molecule has 1 saturated carbocycles. The Morgan fingerprint density at radius 3 is 2.42 bits per heavy atom. The highest BCUT2D eigenvalue weighted by Gasteiger charge is 2.42. The molecule has 3 N–H and O–H groups in total. The Bertz CT molecular complexity index is 721. The maximum atomic E-state index is 12.8. The zero-order valence-corrected chi connectivity index (χ0v) is 15.2. The lowest BCUT2D eigenvalue weighted by Crippen LogP contribution is -2.59. The number of carbonyl (C=O) groups excluding carboxylic acids is 3. The van der Waals surface area contributed by atoms with Crippen LogP contribution in [0.3, 0.4) is 0 Å². The van der Waals surface area contributed by atoms with E-state index < -0.39 is 17.4 Å². The molecule has 1 aromatic carbocycles. The van der Waals surface area contributed by atoms with Crippen LogP contribution in [0.15, 0.2) is 30.9 Å². The lowest BCUT2D eigenvalue weighted by Gasteiger charge is -2.38. The maximum Gasteiger partial charge on any atom is 0.255 e. The van der Waals surface area contributed by atoms with Gasteiger partial charge in [-0.1, -0.05) is 25.8 Å². The second-order valence-corrected chi connectivity index (χ2v) is 6.72. The number of hydrogen-bond acceptors (Lipinski definition) is 4. The Balaban J connectivity index is 2.29. The van der Waals surface area contributed by atoms with E-state index in [1.807, 2.05) is 0 Å². The van der Waals surface area contributed by atoms with Crippen LogP contribution in [0.2, 0.25) is 0 Å². The monoisotopic (exact) mass is 359 g/mol. The lowest BCUT2D eigenvalue weighted by molar-refractivity contribution is -0.136. The molecule has 0 aromatic heterocycles. The van der Waals surface area contributed by atoms with Crippen molar-refractivity contribution < 1.29 is 19.5 Å². The first-order chi connectivity index (χ1) is 12.3. The fraction of sp³-hybridized carbons (Fsp3) is 0.421. The molecule has 0 unspecified atom stereocenters. The summed E-state index contributed by atoms with van der Waals surface area (Å²) in [6, 6.07) is 4.19. The average molecular weight is 359 g/mol. The maximum absolute atomic E-state index is 12.8. The van der Waals surface area contributed by atoms with Gasteiger partial charge in [-0.3, -0.25) is 14.4 Å². The zero-order valence-electron chi connectivity index (χ0n) is 15.2. The van der Waals surface area contributed by atoms with E-state index in [0.717, 1.165) is 25.3 Å². The third-order valence-corrected chi connectivity index (χ3v) is 4.57. The third-order valence-electron chi connectivity index (χ3n) is 4.57. The summed E-state index contributed by atoms with van der Waals surface area (Å²) >= 11 is 0. The molecule has 2 rings (SSSR count). The minimum atomic E-state index is -0.967. The number of aromatic hydroxyl groups is 1. The Labute approximate surface area is 153 Å². The number of rotatable bonds is 5. The number of nitrogens with zero attached hydrogens (tertiary/aromatic N) is 1. The van der Waals surface area contributed by atoms with Crippen molar-refractivity contribution in [2.24, 2.45) is 0 Å². The molecule has 1 aromatic rings. The van der Waals surface area contributed by atoms with Crippen LogP contribution < -0.4 is 10.6 Å². The van der Waals surface area contributed by atoms with Crippen LogP contribution >= 0.6 is 0 Å². The smallest absolute Gasteiger partial charge is 0.255 e. The summed E-state index contributed by atoms with van der Waals surface area (Å²) in [7, 11) is 3.32. The van der Waals surface area contributed by atoms with Gasteiger partial charge in [-0.2, -0.15) is 0 Å². The number of anilines is 1. The van der Waals surface area contributed by atoms with Gasteiger partial charge in [-0.25, -0.2) is 0 Å². The highest BCUT2D eigenvalue weighted by Crippen LogP contribution is 2.31. The SMILES string of the molecule is C=CC(=O)Nc1ccc(O)c(C(=O)NC2(C(=O)N(C)C)CCCCC2)c1. The number of phenolic OH excluding ortho intramolecular Hbond substituents is 1. The highest BCUT2D eigenvalue weighted by molar-refractivity contribution is 6.03. The van der Waals surface area contributed by atoms with Crippen molar-refractivity contribution in [3.05, 3.63) is 36.4 Å². The fourth-order valence-electron chi connectivity index (χ4n) is 3.25. The lowest BCUT2D eigenvalue weighted by atomic mass is 9.80. The van der Waals surface area contributed by atoms with Gasteiger partial charge >= 0.3 is 0 Å². The van der Waals surface area contributed by atoms with Gasteiger partial charge in [0.05, 0.1) is 5.56 Å². The molecule has 1 fully saturated rings. The van der Waals surface area contributed by atoms with Crippen molar-refractivity contribution in [2.75, 3.05) is 19.4 Å². The van der Waals surface area contributed by atoms with Gasteiger partial charge in [0.1, 0.15) is 11.3 Å². The number of carbonyl (C=O) groups is 3. The van der Waals surface area contributed by atoms with Crippen LogP contribution in [0.1, 0.15) is 42.5 Å². The molecular formula is C19H25N3O4. The van der Waals surface area contributed by atoms with Crippen molar-refractivity contribution in [1.29, 1.82) is 0 Å². The van der Waals surface area contributed by atoms with Gasteiger partial charge in [-0.05, 0) is 37.1 Å². The van der Waals surface area contributed by atoms with Gasteiger partial charge in [0.2, 0.25) is 11.8 Å². The fourth-order valence-corrected chi connectivity index (χ4v) is 3.25. The van der Waals surface area contributed by atoms with Crippen LogP contribution in [0.25, 0.3) is 0 Å². The third kappa shape index (κ3) is 4.22. The minimum absolute atomic E-state index is 0.00312. The number of phenols is 1. The number of amides is 3. The summed E-state index contributed by atoms with van der Waals surface area (Å²) in [5.74, 6) is -1.34. The second kappa shape index (κ2) is 8.03. The van der Waals surface area contributed by atoms with E-state index in [0.29, 0.717) is 18.5 Å². The predicted molar refractivity (Wildman–Crippen MR) is 98.9 cm³/mol. The van der Waals surface area contributed by atoms with Gasteiger partial charge in [0.15, 0.2) is 0 Å². The number of hydrogen-bond donors (Lipinski definition) is 3. The quantitative estimate of drug-likeness (QED) is 0.553. The summed E-state index contributed by atoms with van der Waals surface area (Å²) < 4.78 is 0. The van der Waals surface area contributed by atoms with E-state index in [9.17, 15) is 19.5 Å². The molecule has 0 bridgehead atoms. The van der Waals surface area contributed by atoms with Crippen molar-refractivity contribution in [3.63, 3.8) is 0 Å². The van der Waals surface area contributed by atoms with Crippen LogP contribution in [0.5, 0.6) is 5.75 Å². The summed E-state index contributed by atoms with van der Waals surface area (Å²) in [5, 5.41) is 15.5. The summed E-state index contributed by atoms with van der Waals surface area (Å²) in [6.07, 6.45) is 4.95. The molecular weight excluding hydrogens is 334 g/mol. The second-order valence-electron chi connectivity index (χ2n) is 6.72. The van der Waals surface area contributed by atoms with Crippen LogP contribution in [-0.2, 0) is 9.59 Å². The molecule has 7 nitrogen and oxygen atoms in total. The molecule has 0 atom stereocenters. The van der Waals surface area contributed by atoms with Gasteiger partial charge in [0, 0.05) is 19.8 Å². The first-order valence-corrected chi connectivity index (χ1v) is 8.60. The molecule has 0 aliphatic heterocycles. The largest absolute Gasteiger partial charge is 0.507 e. The minimum Gasteiger partial charge on any atom is -0.507 e. The molecule has 3 amide bonds. The van der Waals surface area contributed by atoms with Crippen LogP contribution in [-0.4, -0.2) is 47.4 Å². The Hall–Kier alpha value is -2.83. The van der Waals surface area contributed by atoms with E-state index in [4.69, 9.17) is 0 Å². The Morgan fingerprint density at radius 1 is 1.19 bits per heavy atom. The topological polar surface area (TPSA) is 98.7 Å². The molecule has 0 heterocycles. The number of benzene rings is 1. The molecule has 1 aliphatic rings. The molecule has 0 spiro atoms. The number of likely N-dealkylation sites (N-methyl/N-ethyl adjacent to an activating group) is 1. The van der Waals surface area contributed by atoms with Gasteiger partial charge < -0.3 is 20.6 Å². The first-order valence-electron chi connectivity index (χ1n) is 8.60. The van der Waals surface area contributed by atoms with E-state index in [-0.39, 0.29) is 17.2 Å². The van der Waals surface area contributed by atoms with Crippen molar-refractivity contribution >= 4 is 23.4 Å². The van der Waals surface area contributed by atoms with Crippen molar-refractivity contribution in [2.45, 2.75) is 37.6 Å². The van der Waals surface area contributed by atoms with E-state index in [1.54, 1.807) is 14.1 Å². The summed E-state index contributed by atoms with van der Waals surface area (Å²) in [5.41, 5.74) is -0.608. The van der Waals surface area contributed by atoms with Crippen LogP contribution in [0.4, 0.5) is 5.69 Å². The normalized spacial score (nSPS) is 15.6. The molecule has 7 heteroatoms. The molecule has 26 heavy (non-hydrogen) atoms. The molecule has 140 valence electrons. The first kappa shape index (κ1) is 19.5.